The minimum absolute atomic E-state index is 0.0138. The third-order valence-electron chi connectivity index (χ3n) is 3.76. The number of benzene rings is 1. The molecule has 4 aromatic rings. The topological polar surface area (TPSA) is 55.4 Å². The molecule has 104 valence electrons. The summed E-state index contributed by atoms with van der Waals surface area (Å²) in [6.45, 7) is -0.0138. The van der Waals surface area contributed by atoms with E-state index in [0.29, 0.717) is 0 Å². The summed E-state index contributed by atoms with van der Waals surface area (Å²) < 4.78 is 3.93. The molecular formula is C16H14N4O. The summed E-state index contributed by atoms with van der Waals surface area (Å²) in [5, 5.41) is 9.39. The highest BCUT2D eigenvalue weighted by atomic mass is 16.3. The number of hydrogen-bond acceptors (Lipinski definition) is 3. The number of aromatic nitrogens is 4. The lowest BCUT2D eigenvalue weighted by molar-refractivity contribution is 0.282. The molecular weight excluding hydrogens is 264 g/mol. The van der Waals surface area contributed by atoms with Crippen molar-refractivity contribution in [1.29, 1.82) is 0 Å². The van der Waals surface area contributed by atoms with Gasteiger partial charge in [-0.15, -0.1) is 0 Å². The Labute approximate surface area is 121 Å². The number of aliphatic hydroxyl groups is 1. The second-order valence-electron chi connectivity index (χ2n) is 5.11. The highest BCUT2D eigenvalue weighted by Crippen LogP contribution is 2.24. The first-order valence-corrected chi connectivity index (χ1v) is 6.75. The molecule has 0 fully saturated rings. The average molecular weight is 278 g/mol. The van der Waals surface area contributed by atoms with Crippen molar-refractivity contribution in [2.75, 3.05) is 0 Å². The van der Waals surface area contributed by atoms with Crippen LogP contribution in [0.15, 0.2) is 49.1 Å². The maximum absolute atomic E-state index is 9.39. The summed E-state index contributed by atoms with van der Waals surface area (Å²) in [5.74, 6) is 0. The molecule has 4 rings (SSSR count). The Balaban J connectivity index is 1.91. The van der Waals surface area contributed by atoms with E-state index in [2.05, 4.69) is 16.0 Å². The molecule has 5 heteroatoms. The van der Waals surface area contributed by atoms with Crippen LogP contribution in [0, 0.1) is 0 Å². The van der Waals surface area contributed by atoms with Crippen LogP contribution >= 0.6 is 0 Å². The van der Waals surface area contributed by atoms with E-state index in [0.717, 1.165) is 33.5 Å². The second-order valence-corrected chi connectivity index (χ2v) is 5.11. The van der Waals surface area contributed by atoms with Crippen molar-refractivity contribution in [3.05, 3.63) is 54.6 Å². The Bertz CT molecular complexity index is 951. The molecule has 1 N–H and O–H groups in total. The number of rotatable bonds is 2. The molecule has 0 spiro atoms. The van der Waals surface area contributed by atoms with Crippen molar-refractivity contribution >= 4 is 16.7 Å². The third kappa shape index (κ3) is 1.82. The quantitative estimate of drug-likeness (QED) is 0.612. The van der Waals surface area contributed by atoms with Crippen LogP contribution in [0.25, 0.3) is 27.9 Å². The summed E-state index contributed by atoms with van der Waals surface area (Å²) >= 11 is 0. The zero-order valence-corrected chi connectivity index (χ0v) is 11.6. The van der Waals surface area contributed by atoms with Gasteiger partial charge in [0.2, 0.25) is 0 Å². The molecule has 0 saturated heterocycles. The highest BCUT2D eigenvalue weighted by Gasteiger charge is 2.09. The van der Waals surface area contributed by atoms with Gasteiger partial charge in [0.15, 0.2) is 0 Å². The normalized spacial score (nSPS) is 11.5. The zero-order valence-electron chi connectivity index (χ0n) is 11.6. The van der Waals surface area contributed by atoms with E-state index in [-0.39, 0.29) is 6.61 Å². The molecule has 0 saturated carbocycles. The van der Waals surface area contributed by atoms with Gasteiger partial charge in [-0.05, 0) is 18.2 Å². The van der Waals surface area contributed by atoms with Gasteiger partial charge in [0.05, 0.1) is 29.7 Å². The molecule has 0 unspecified atom stereocenters. The molecule has 5 nitrogen and oxygen atoms in total. The summed E-state index contributed by atoms with van der Waals surface area (Å²) in [5.41, 5.74) is 5.56. The standard InChI is InChI=1S/C16H14N4O/c1-19-10-17-13-7-11(4-5-15(13)19)14-8-20-6-2-3-12(9-21)16(20)18-14/h2-8,10,21H,9H2,1H3. The van der Waals surface area contributed by atoms with Gasteiger partial charge in [-0.2, -0.15) is 0 Å². The van der Waals surface area contributed by atoms with E-state index in [1.807, 2.05) is 59.0 Å². The second kappa shape index (κ2) is 4.43. The van der Waals surface area contributed by atoms with Gasteiger partial charge in [0.1, 0.15) is 5.65 Å². The minimum atomic E-state index is -0.0138. The van der Waals surface area contributed by atoms with Crippen molar-refractivity contribution < 1.29 is 5.11 Å². The first-order valence-electron chi connectivity index (χ1n) is 6.75. The third-order valence-corrected chi connectivity index (χ3v) is 3.76. The Morgan fingerprint density at radius 2 is 2.14 bits per heavy atom. The predicted molar refractivity (Wildman–Crippen MR) is 80.8 cm³/mol. The fourth-order valence-corrected chi connectivity index (χ4v) is 2.63. The molecule has 3 aromatic heterocycles. The van der Waals surface area contributed by atoms with E-state index < -0.39 is 0 Å². The van der Waals surface area contributed by atoms with Crippen LogP contribution in [0.2, 0.25) is 0 Å². The molecule has 0 aliphatic rings. The average Bonchev–Trinajstić information content (AvgIpc) is 3.10. The maximum atomic E-state index is 9.39. The van der Waals surface area contributed by atoms with Crippen LogP contribution in [0.5, 0.6) is 0 Å². The van der Waals surface area contributed by atoms with Crippen LogP contribution in [0.1, 0.15) is 5.56 Å². The number of hydrogen-bond donors (Lipinski definition) is 1. The first kappa shape index (κ1) is 12.1. The predicted octanol–water partition coefficient (Wildman–Crippen LogP) is 2.38. The number of nitrogens with zero attached hydrogens (tertiary/aromatic N) is 4. The van der Waals surface area contributed by atoms with Crippen LogP contribution in [-0.4, -0.2) is 24.0 Å². The van der Waals surface area contributed by atoms with Crippen molar-refractivity contribution in [3.63, 3.8) is 0 Å². The molecule has 0 amide bonds. The van der Waals surface area contributed by atoms with Gasteiger partial charge in [-0.1, -0.05) is 12.1 Å². The SMILES string of the molecule is Cn1cnc2cc(-c3cn4cccc(CO)c4n3)ccc21. The number of fused-ring (bicyclic) bond motifs is 2. The molecule has 1 aromatic carbocycles. The molecule has 0 atom stereocenters. The fraction of sp³-hybridized carbons (Fsp3) is 0.125. The van der Waals surface area contributed by atoms with Crippen molar-refractivity contribution in [2.45, 2.75) is 6.61 Å². The molecule has 0 radical (unpaired) electrons. The fourth-order valence-electron chi connectivity index (χ4n) is 2.63. The van der Waals surface area contributed by atoms with Crippen LogP contribution in [0.4, 0.5) is 0 Å². The monoisotopic (exact) mass is 278 g/mol. The van der Waals surface area contributed by atoms with Crippen molar-refractivity contribution in [1.82, 2.24) is 18.9 Å². The van der Waals surface area contributed by atoms with E-state index in [1.165, 1.54) is 0 Å². The summed E-state index contributed by atoms with van der Waals surface area (Å²) in [7, 11) is 1.98. The molecule has 0 bridgehead atoms. The minimum Gasteiger partial charge on any atom is -0.392 e. The summed E-state index contributed by atoms with van der Waals surface area (Å²) in [6, 6.07) is 9.93. The Morgan fingerprint density at radius 3 is 3.00 bits per heavy atom. The maximum Gasteiger partial charge on any atom is 0.142 e. The Kier molecular flexibility index (Phi) is 2.55. The van der Waals surface area contributed by atoms with E-state index >= 15 is 0 Å². The van der Waals surface area contributed by atoms with Crippen molar-refractivity contribution in [2.24, 2.45) is 7.05 Å². The lowest BCUT2D eigenvalue weighted by atomic mass is 10.1. The summed E-state index contributed by atoms with van der Waals surface area (Å²) in [4.78, 5) is 9.02. The van der Waals surface area contributed by atoms with Gasteiger partial charge in [-0.25, -0.2) is 9.97 Å². The molecule has 0 aliphatic carbocycles. The Hall–Kier alpha value is -2.66. The van der Waals surface area contributed by atoms with E-state index in [9.17, 15) is 5.11 Å². The van der Waals surface area contributed by atoms with Gasteiger partial charge in [0.25, 0.3) is 0 Å². The number of aliphatic hydroxyl groups excluding tert-OH is 1. The molecule has 0 aliphatic heterocycles. The van der Waals surface area contributed by atoms with Gasteiger partial charge in [-0.3, -0.25) is 0 Å². The lowest BCUT2D eigenvalue weighted by Crippen LogP contribution is -1.90. The van der Waals surface area contributed by atoms with E-state index in [1.54, 1.807) is 0 Å². The van der Waals surface area contributed by atoms with Gasteiger partial charge < -0.3 is 14.1 Å². The summed E-state index contributed by atoms with van der Waals surface area (Å²) in [6.07, 6.45) is 5.71. The van der Waals surface area contributed by atoms with Gasteiger partial charge >= 0.3 is 0 Å². The van der Waals surface area contributed by atoms with E-state index in [4.69, 9.17) is 0 Å². The number of aryl methyl sites for hydroxylation is 1. The molecule has 3 heterocycles. The lowest BCUT2D eigenvalue weighted by Gasteiger charge is -1.98. The first-order chi connectivity index (χ1) is 10.3. The Morgan fingerprint density at radius 1 is 1.24 bits per heavy atom. The van der Waals surface area contributed by atoms with Crippen LogP contribution < -0.4 is 0 Å². The zero-order chi connectivity index (χ0) is 14.4. The van der Waals surface area contributed by atoms with Gasteiger partial charge in [0, 0.05) is 30.6 Å². The smallest absolute Gasteiger partial charge is 0.142 e. The van der Waals surface area contributed by atoms with Crippen LogP contribution in [-0.2, 0) is 13.7 Å². The van der Waals surface area contributed by atoms with Crippen molar-refractivity contribution in [3.8, 4) is 11.3 Å². The molecule has 21 heavy (non-hydrogen) atoms. The number of pyridine rings is 1. The van der Waals surface area contributed by atoms with Crippen LogP contribution in [0.3, 0.4) is 0 Å². The largest absolute Gasteiger partial charge is 0.392 e. The highest BCUT2D eigenvalue weighted by molar-refractivity contribution is 5.81. The number of imidazole rings is 2.